The summed E-state index contributed by atoms with van der Waals surface area (Å²) in [6.07, 6.45) is 0.855. The molecule has 4 heteroatoms. The van der Waals surface area contributed by atoms with E-state index < -0.39 is 0 Å². The molecule has 1 aliphatic rings. The fourth-order valence-electron chi connectivity index (χ4n) is 2.14. The van der Waals surface area contributed by atoms with Crippen molar-refractivity contribution in [3.05, 3.63) is 35.6 Å². The number of halogens is 1. The van der Waals surface area contributed by atoms with Gasteiger partial charge in [-0.3, -0.25) is 4.79 Å². The number of hydrogen-bond donors (Lipinski definition) is 1. The molecule has 3 nitrogen and oxygen atoms in total. The van der Waals surface area contributed by atoms with Gasteiger partial charge in [0.2, 0.25) is 5.91 Å². The minimum atomic E-state index is -0.243. The SMILES string of the molecule is CCNC1CCN(Cc2ccc(F)cc2)C1=O. The van der Waals surface area contributed by atoms with Gasteiger partial charge in [-0.1, -0.05) is 19.1 Å². The van der Waals surface area contributed by atoms with E-state index in [1.807, 2.05) is 11.8 Å². The topological polar surface area (TPSA) is 32.3 Å². The lowest BCUT2D eigenvalue weighted by atomic mass is 10.2. The molecule has 2 rings (SSSR count). The average molecular weight is 236 g/mol. The molecule has 1 aromatic carbocycles. The maximum Gasteiger partial charge on any atom is 0.240 e. The predicted molar refractivity (Wildman–Crippen MR) is 63.9 cm³/mol. The Bertz CT molecular complexity index is 391. The van der Waals surface area contributed by atoms with Crippen molar-refractivity contribution in [3.8, 4) is 0 Å². The first-order valence-corrected chi connectivity index (χ1v) is 5.97. The van der Waals surface area contributed by atoms with Gasteiger partial charge in [-0.15, -0.1) is 0 Å². The van der Waals surface area contributed by atoms with Crippen LogP contribution in [0, 0.1) is 5.82 Å². The van der Waals surface area contributed by atoms with Gasteiger partial charge >= 0.3 is 0 Å². The Morgan fingerprint density at radius 2 is 2.12 bits per heavy atom. The zero-order valence-corrected chi connectivity index (χ0v) is 9.95. The van der Waals surface area contributed by atoms with Gasteiger partial charge < -0.3 is 10.2 Å². The van der Waals surface area contributed by atoms with Crippen molar-refractivity contribution in [1.29, 1.82) is 0 Å². The molecule has 0 aliphatic carbocycles. The van der Waals surface area contributed by atoms with Crippen molar-refractivity contribution in [2.24, 2.45) is 0 Å². The number of benzene rings is 1. The highest BCUT2D eigenvalue weighted by Gasteiger charge is 2.30. The molecule has 1 heterocycles. The largest absolute Gasteiger partial charge is 0.337 e. The summed E-state index contributed by atoms with van der Waals surface area (Å²) in [5, 5.41) is 3.17. The fraction of sp³-hybridized carbons (Fsp3) is 0.462. The Kier molecular flexibility index (Phi) is 3.74. The van der Waals surface area contributed by atoms with E-state index in [0.29, 0.717) is 6.54 Å². The van der Waals surface area contributed by atoms with Crippen LogP contribution in [0.3, 0.4) is 0 Å². The third-order valence-corrected chi connectivity index (χ3v) is 3.03. The van der Waals surface area contributed by atoms with E-state index in [4.69, 9.17) is 0 Å². The summed E-state index contributed by atoms with van der Waals surface area (Å²) in [5.41, 5.74) is 0.969. The van der Waals surface area contributed by atoms with Crippen molar-refractivity contribution in [3.63, 3.8) is 0 Å². The second kappa shape index (κ2) is 5.27. The van der Waals surface area contributed by atoms with Gasteiger partial charge in [-0.25, -0.2) is 4.39 Å². The molecular formula is C13H17FN2O. The molecule has 0 aromatic heterocycles. The van der Waals surface area contributed by atoms with Crippen LogP contribution in [-0.2, 0) is 11.3 Å². The molecule has 1 saturated heterocycles. The Morgan fingerprint density at radius 1 is 1.41 bits per heavy atom. The van der Waals surface area contributed by atoms with Crippen LogP contribution in [0.2, 0.25) is 0 Å². The Balaban J connectivity index is 1.96. The fourth-order valence-corrected chi connectivity index (χ4v) is 2.14. The number of nitrogens with one attached hydrogen (secondary N) is 1. The lowest BCUT2D eigenvalue weighted by Crippen LogP contribution is -2.37. The van der Waals surface area contributed by atoms with Crippen molar-refractivity contribution < 1.29 is 9.18 Å². The molecule has 1 unspecified atom stereocenters. The first-order chi connectivity index (χ1) is 8.20. The number of hydrogen-bond acceptors (Lipinski definition) is 2. The Hall–Kier alpha value is -1.42. The van der Waals surface area contributed by atoms with Crippen molar-refractivity contribution >= 4 is 5.91 Å². The molecular weight excluding hydrogens is 219 g/mol. The minimum Gasteiger partial charge on any atom is -0.337 e. The summed E-state index contributed by atoms with van der Waals surface area (Å²) in [4.78, 5) is 13.8. The Labute approximate surface area is 101 Å². The molecule has 1 atom stereocenters. The third kappa shape index (κ3) is 2.82. The molecule has 0 radical (unpaired) electrons. The van der Waals surface area contributed by atoms with E-state index in [9.17, 15) is 9.18 Å². The second-order valence-corrected chi connectivity index (χ2v) is 4.29. The summed E-state index contributed by atoms with van der Waals surface area (Å²) in [6, 6.07) is 6.27. The number of nitrogens with zero attached hydrogens (tertiary/aromatic N) is 1. The van der Waals surface area contributed by atoms with Gasteiger partial charge in [0.05, 0.1) is 6.04 Å². The second-order valence-electron chi connectivity index (χ2n) is 4.29. The molecule has 0 saturated carbocycles. The lowest BCUT2D eigenvalue weighted by Gasteiger charge is -2.17. The number of carbonyl (C=O) groups excluding carboxylic acids is 1. The highest BCUT2D eigenvalue weighted by molar-refractivity contribution is 5.83. The normalized spacial score (nSPS) is 20.0. The molecule has 17 heavy (non-hydrogen) atoms. The van der Waals surface area contributed by atoms with Gasteiger partial charge in [0.25, 0.3) is 0 Å². The van der Waals surface area contributed by atoms with Crippen LogP contribution in [0.1, 0.15) is 18.9 Å². The van der Waals surface area contributed by atoms with Crippen LogP contribution in [0.4, 0.5) is 4.39 Å². The van der Waals surface area contributed by atoms with Gasteiger partial charge in [-0.05, 0) is 30.7 Å². The minimum absolute atomic E-state index is 0.0413. The Morgan fingerprint density at radius 3 is 2.76 bits per heavy atom. The van der Waals surface area contributed by atoms with Gasteiger partial charge in [0.1, 0.15) is 5.82 Å². The summed E-state index contributed by atoms with van der Waals surface area (Å²) in [5.74, 6) is -0.0943. The van der Waals surface area contributed by atoms with E-state index in [1.54, 1.807) is 12.1 Å². The summed E-state index contributed by atoms with van der Waals surface area (Å²) in [6.45, 7) is 4.14. The van der Waals surface area contributed by atoms with E-state index in [-0.39, 0.29) is 17.8 Å². The summed E-state index contributed by atoms with van der Waals surface area (Å²) < 4.78 is 12.7. The highest BCUT2D eigenvalue weighted by Crippen LogP contribution is 2.15. The quantitative estimate of drug-likeness (QED) is 0.860. The number of amides is 1. The van der Waals surface area contributed by atoms with E-state index in [1.165, 1.54) is 12.1 Å². The molecule has 1 aliphatic heterocycles. The smallest absolute Gasteiger partial charge is 0.240 e. The van der Waals surface area contributed by atoms with E-state index in [0.717, 1.165) is 25.1 Å². The van der Waals surface area contributed by atoms with Crippen LogP contribution < -0.4 is 5.32 Å². The molecule has 1 aromatic rings. The zero-order valence-electron chi connectivity index (χ0n) is 9.95. The summed E-state index contributed by atoms with van der Waals surface area (Å²) in [7, 11) is 0. The third-order valence-electron chi connectivity index (χ3n) is 3.03. The van der Waals surface area contributed by atoms with Crippen LogP contribution in [0.5, 0.6) is 0 Å². The standard InChI is InChI=1S/C13H17FN2O/c1-2-15-12-7-8-16(13(12)17)9-10-3-5-11(14)6-4-10/h3-6,12,15H,2,7-9H2,1H3. The molecule has 92 valence electrons. The maximum absolute atomic E-state index is 12.7. The van der Waals surface area contributed by atoms with Crippen LogP contribution in [0.25, 0.3) is 0 Å². The molecule has 0 spiro atoms. The molecule has 1 N–H and O–H groups in total. The number of carbonyl (C=O) groups is 1. The maximum atomic E-state index is 12.7. The van der Waals surface area contributed by atoms with Gasteiger partial charge in [-0.2, -0.15) is 0 Å². The predicted octanol–water partition coefficient (Wildman–Crippen LogP) is 1.54. The van der Waals surface area contributed by atoms with Crippen molar-refractivity contribution in [2.45, 2.75) is 25.9 Å². The molecule has 1 fully saturated rings. The van der Waals surface area contributed by atoms with E-state index in [2.05, 4.69) is 5.32 Å². The summed E-state index contributed by atoms with van der Waals surface area (Å²) >= 11 is 0. The lowest BCUT2D eigenvalue weighted by molar-refractivity contribution is -0.129. The molecule has 1 amide bonds. The average Bonchev–Trinajstić information content (AvgIpc) is 2.65. The van der Waals surface area contributed by atoms with Crippen molar-refractivity contribution in [1.82, 2.24) is 10.2 Å². The van der Waals surface area contributed by atoms with Crippen LogP contribution >= 0.6 is 0 Å². The molecule has 0 bridgehead atoms. The van der Waals surface area contributed by atoms with Crippen LogP contribution in [0.15, 0.2) is 24.3 Å². The highest BCUT2D eigenvalue weighted by atomic mass is 19.1. The zero-order chi connectivity index (χ0) is 12.3. The first-order valence-electron chi connectivity index (χ1n) is 5.97. The first kappa shape index (κ1) is 12.0. The number of rotatable bonds is 4. The van der Waals surface area contributed by atoms with Crippen molar-refractivity contribution in [2.75, 3.05) is 13.1 Å². The van der Waals surface area contributed by atoms with Gasteiger partial charge in [0.15, 0.2) is 0 Å². The number of likely N-dealkylation sites (tertiary alicyclic amines) is 1. The van der Waals surface area contributed by atoms with Gasteiger partial charge in [0, 0.05) is 13.1 Å². The van der Waals surface area contributed by atoms with Crippen LogP contribution in [-0.4, -0.2) is 29.9 Å². The number of likely N-dealkylation sites (N-methyl/N-ethyl adjacent to an activating group) is 1. The van der Waals surface area contributed by atoms with E-state index >= 15 is 0 Å². The monoisotopic (exact) mass is 236 g/mol.